The molecular weight excluding hydrogens is 178 g/mol. The first-order chi connectivity index (χ1) is 5.11. The van der Waals surface area contributed by atoms with Gasteiger partial charge in [-0.3, -0.25) is 0 Å². The van der Waals surface area contributed by atoms with E-state index in [9.17, 15) is 4.79 Å². The molecule has 1 rings (SSSR count). The van der Waals surface area contributed by atoms with E-state index in [0.29, 0.717) is 12.5 Å². The van der Waals surface area contributed by atoms with Crippen molar-refractivity contribution in [3.63, 3.8) is 0 Å². The molecule has 1 saturated heterocycles. The predicted molar refractivity (Wildman–Crippen MR) is 49.8 cm³/mol. The normalized spacial score (nSPS) is 29.3. The first kappa shape index (κ1) is 11.6. The van der Waals surface area contributed by atoms with E-state index in [0.717, 1.165) is 12.8 Å². The Morgan fingerprint density at radius 3 is 2.50 bits per heavy atom. The molecule has 1 aliphatic heterocycles. The van der Waals surface area contributed by atoms with Gasteiger partial charge >= 0.3 is 6.09 Å². The van der Waals surface area contributed by atoms with Crippen molar-refractivity contribution in [2.45, 2.75) is 32.7 Å². The van der Waals surface area contributed by atoms with E-state index in [-0.39, 0.29) is 18.4 Å². The standard InChI is InChI=1S/C8H15NO2.ClH/c1-6-3-4-9(8(10)11)7(2)5-6;/h6-7H,3-5H2,1-2H3,(H,10,11);1H. The van der Waals surface area contributed by atoms with Crippen molar-refractivity contribution in [2.75, 3.05) is 6.54 Å². The van der Waals surface area contributed by atoms with Gasteiger partial charge in [0.1, 0.15) is 0 Å². The number of carboxylic acid groups (broad SMARTS) is 1. The monoisotopic (exact) mass is 193 g/mol. The van der Waals surface area contributed by atoms with Gasteiger partial charge in [-0.1, -0.05) is 6.92 Å². The fourth-order valence-corrected chi connectivity index (χ4v) is 1.69. The SMILES string of the molecule is CC1CCN(C(=O)O)C(C)C1.Cl. The van der Waals surface area contributed by atoms with E-state index in [1.54, 1.807) is 0 Å². The Kier molecular flexibility index (Phi) is 4.39. The minimum atomic E-state index is -0.774. The number of hydrogen-bond acceptors (Lipinski definition) is 1. The van der Waals surface area contributed by atoms with Crippen LogP contribution in [0, 0.1) is 5.92 Å². The second kappa shape index (κ2) is 4.55. The molecule has 1 N–H and O–H groups in total. The number of piperidine rings is 1. The molecule has 0 aliphatic carbocycles. The lowest BCUT2D eigenvalue weighted by atomic mass is 9.94. The number of amides is 1. The maximum atomic E-state index is 10.6. The van der Waals surface area contributed by atoms with Gasteiger partial charge in [0.05, 0.1) is 0 Å². The highest BCUT2D eigenvalue weighted by Gasteiger charge is 2.25. The Bertz CT molecular complexity index is 163. The molecule has 0 bridgehead atoms. The van der Waals surface area contributed by atoms with E-state index in [4.69, 9.17) is 5.11 Å². The van der Waals surface area contributed by atoms with Crippen molar-refractivity contribution in [1.29, 1.82) is 0 Å². The third kappa shape index (κ3) is 2.55. The molecule has 0 aromatic carbocycles. The third-order valence-electron chi connectivity index (χ3n) is 2.38. The molecule has 0 saturated carbocycles. The van der Waals surface area contributed by atoms with Crippen LogP contribution in [0.15, 0.2) is 0 Å². The molecule has 3 nitrogen and oxygen atoms in total. The van der Waals surface area contributed by atoms with Crippen LogP contribution in [0.5, 0.6) is 0 Å². The first-order valence-electron chi connectivity index (χ1n) is 4.11. The molecule has 4 heteroatoms. The second-order valence-corrected chi connectivity index (χ2v) is 3.45. The molecule has 0 aromatic heterocycles. The van der Waals surface area contributed by atoms with Crippen molar-refractivity contribution in [3.8, 4) is 0 Å². The van der Waals surface area contributed by atoms with Gasteiger partial charge in [0.25, 0.3) is 0 Å². The lowest BCUT2D eigenvalue weighted by molar-refractivity contribution is 0.0992. The van der Waals surface area contributed by atoms with E-state index < -0.39 is 6.09 Å². The Balaban J connectivity index is 0.00000121. The van der Waals surface area contributed by atoms with E-state index in [2.05, 4.69) is 6.92 Å². The van der Waals surface area contributed by atoms with Gasteiger partial charge in [-0.15, -0.1) is 12.4 Å². The summed E-state index contributed by atoms with van der Waals surface area (Å²) >= 11 is 0. The number of rotatable bonds is 0. The van der Waals surface area contributed by atoms with Crippen molar-refractivity contribution >= 4 is 18.5 Å². The number of likely N-dealkylation sites (tertiary alicyclic amines) is 1. The van der Waals surface area contributed by atoms with Gasteiger partial charge in [-0.2, -0.15) is 0 Å². The second-order valence-electron chi connectivity index (χ2n) is 3.45. The summed E-state index contributed by atoms with van der Waals surface area (Å²) in [4.78, 5) is 12.1. The fraction of sp³-hybridized carbons (Fsp3) is 0.875. The summed E-state index contributed by atoms with van der Waals surface area (Å²) in [5.74, 6) is 0.681. The average molecular weight is 194 g/mol. The van der Waals surface area contributed by atoms with Gasteiger partial charge in [0.15, 0.2) is 0 Å². The van der Waals surface area contributed by atoms with Gasteiger partial charge < -0.3 is 10.0 Å². The summed E-state index contributed by atoms with van der Waals surface area (Å²) in [6, 6.07) is 0.205. The Hall–Kier alpha value is -0.440. The number of carbonyl (C=O) groups is 1. The zero-order chi connectivity index (χ0) is 8.43. The average Bonchev–Trinajstić information content (AvgIpc) is 1.85. The van der Waals surface area contributed by atoms with Crippen LogP contribution in [0.1, 0.15) is 26.7 Å². The van der Waals surface area contributed by atoms with E-state index in [1.165, 1.54) is 4.90 Å². The largest absolute Gasteiger partial charge is 0.465 e. The highest BCUT2D eigenvalue weighted by Crippen LogP contribution is 2.21. The Labute approximate surface area is 79.2 Å². The lowest BCUT2D eigenvalue weighted by Gasteiger charge is -2.34. The minimum absolute atomic E-state index is 0. The van der Waals surface area contributed by atoms with E-state index >= 15 is 0 Å². The molecule has 12 heavy (non-hydrogen) atoms. The minimum Gasteiger partial charge on any atom is -0.465 e. The molecule has 2 unspecified atom stereocenters. The molecule has 72 valence electrons. The smallest absolute Gasteiger partial charge is 0.407 e. The predicted octanol–water partition coefficient (Wildman–Crippen LogP) is 2.21. The zero-order valence-electron chi connectivity index (χ0n) is 7.49. The van der Waals surface area contributed by atoms with Crippen LogP contribution in [0.3, 0.4) is 0 Å². The number of nitrogens with zero attached hydrogens (tertiary/aromatic N) is 1. The molecule has 0 aromatic rings. The summed E-state index contributed by atoms with van der Waals surface area (Å²) in [5.41, 5.74) is 0. The van der Waals surface area contributed by atoms with Crippen molar-refractivity contribution in [3.05, 3.63) is 0 Å². The van der Waals surface area contributed by atoms with Crippen LogP contribution in [0.2, 0.25) is 0 Å². The maximum Gasteiger partial charge on any atom is 0.407 e. The highest BCUT2D eigenvalue weighted by atomic mass is 35.5. The topological polar surface area (TPSA) is 40.5 Å². The quantitative estimate of drug-likeness (QED) is 0.641. The van der Waals surface area contributed by atoms with Crippen LogP contribution in [0.4, 0.5) is 4.79 Å². The zero-order valence-corrected chi connectivity index (χ0v) is 8.30. The summed E-state index contributed by atoms with van der Waals surface area (Å²) < 4.78 is 0. The maximum absolute atomic E-state index is 10.6. The highest BCUT2D eigenvalue weighted by molar-refractivity contribution is 5.85. The molecule has 1 fully saturated rings. The molecule has 1 aliphatic rings. The molecule has 0 radical (unpaired) electrons. The van der Waals surface area contributed by atoms with Crippen LogP contribution < -0.4 is 0 Å². The van der Waals surface area contributed by atoms with Gasteiger partial charge in [0, 0.05) is 12.6 Å². The summed E-state index contributed by atoms with van der Waals surface area (Å²) in [6.07, 6.45) is 1.24. The van der Waals surface area contributed by atoms with Crippen LogP contribution in [0.25, 0.3) is 0 Å². The van der Waals surface area contributed by atoms with Gasteiger partial charge in [-0.05, 0) is 25.7 Å². The molecular formula is C8H16ClNO2. The third-order valence-corrected chi connectivity index (χ3v) is 2.38. The Morgan fingerprint density at radius 1 is 1.50 bits per heavy atom. The van der Waals surface area contributed by atoms with E-state index in [1.807, 2.05) is 6.92 Å². The summed E-state index contributed by atoms with van der Waals surface area (Å²) in [7, 11) is 0. The summed E-state index contributed by atoms with van der Waals surface area (Å²) in [6.45, 7) is 4.86. The van der Waals surface area contributed by atoms with Crippen molar-refractivity contribution in [2.24, 2.45) is 5.92 Å². The summed E-state index contributed by atoms with van der Waals surface area (Å²) in [5, 5.41) is 8.72. The Morgan fingerprint density at radius 2 is 2.08 bits per heavy atom. The number of halogens is 1. The fourth-order valence-electron chi connectivity index (χ4n) is 1.69. The van der Waals surface area contributed by atoms with Crippen LogP contribution in [-0.4, -0.2) is 28.7 Å². The first-order valence-corrected chi connectivity index (χ1v) is 4.11. The van der Waals surface area contributed by atoms with Crippen molar-refractivity contribution in [1.82, 2.24) is 4.90 Å². The molecule has 2 atom stereocenters. The van der Waals surface area contributed by atoms with Gasteiger partial charge in [0.2, 0.25) is 0 Å². The van der Waals surface area contributed by atoms with Crippen molar-refractivity contribution < 1.29 is 9.90 Å². The van der Waals surface area contributed by atoms with Crippen LogP contribution >= 0.6 is 12.4 Å². The van der Waals surface area contributed by atoms with Crippen LogP contribution in [-0.2, 0) is 0 Å². The molecule has 0 spiro atoms. The number of hydrogen-bond donors (Lipinski definition) is 1. The van der Waals surface area contributed by atoms with Gasteiger partial charge in [-0.25, -0.2) is 4.79 Å². The lowest BCUT2D eigenvalue weighted by Crippen LogP contribution is -2.43. The molecule has 1 amide bonds. The molecule has 1 heterocycles.